The van der Waals surface area contributed by atoms with Crippen molar-refractivity contribution < 1.29 is 30.0 Å². The second-order valence-electron chi connectivity index (χ2n) is 4.51. The monoisotopic (exact) mass is 254 g/mol. The molecule has 0 aliphatic carbocycles. The lowest BCUT2D eigenvalue weighted by atomic mass is 9.81. The smallest absolute Gasteiger partial charge is 0.342 e. The summed E-state index contributed by atoms with van der Waals surface area (Å²) in [6, 6.07) is 1.02. The highest BCUT2D eigenvalue weighted by molar-refractivity contribution is 5.96. The standard InChI is InChI=1S/C12H14O6/c1-5-6(14)3-7(15)9-10(5)12(2,17)8(4-13)18-11(9)16/h3,8,13-15,17H,4H2,1-2H3. The van der Waals surface area contributed by atoms with Crippen LogP contribution in [0.1, 0.15) is 28.4 Å². The van der Waals surface area contributed by atoms with Gasteiger partial charge in [0, 0.05) is 11.6 Å². The summed E-state index contributed by atoms with van der Waals surface area (Å²) < 4.78 is 4.87. The van der Waals surface area contributed by atoms with Crippen LogP contribution in [0.25, 0.3) is 0 Å². The van der Waals surface area contributed by atoms with Gasteiger partial charge >= 0.3 is 5.97 Å². The Labute approximate surface area is 103 Å². The number of carbonyl (C=O) groups excluding carboxylic acids is 1. The number of fused-ring (bicyclic) bond motifs is 1. The Bertz CT molecular complexity index is 520. The number of esters is 1. The highest BCUT2D eigenvalue weighted by Gasteiger charge is 2.46. The number of aromatic hydroxyl groups is 2. The number of cyclic esters (lactones) is 1. The molecule has 1 heterocycles. The number of hydrogen-bond donors (Lipinski definition) is 4. The summed E-state index contributed by atoms with van der Waals surface area (Å²) in [4.78, 5) is 11.7. The van der Waals surface area contributed by atoms with Crippen molar-refractivity contribution in [1.82, 2.24) is 0 Å². The van der Waals surface area contributed by atoms with Gasteiger partial charge in [-0.25, -0.2) is 4.79 Å². The van der Waals surface area contributed by atoms with Crippen molar-refractivity contribution in [2.45, 2.75) is 25.6 Å². The quantitative estimate of drug-likeness (QED) is 0.531. The van der Waals surface area contributed by atoms with Crippen molar-refractivity contribution >= 4 is 5.97 Å². The molecule has 4 N–H and O–H groups in total. The topological polar surface area (TPSA) is 107 Å². The predicted molar refractivity (Wildman–Crippen MR) is 60.4 cm³/mol. The first-order chi connectivity index (χ1) is 8.30. The summed E-state index contributed by atoms with van der Waals surface area (Å²) >= 11 is 0. The highest BCUT2D eigenvalue weighted by atomic mass is 16.6. The van der Waals surface area contributed by atoms with Gasteiger partial charge in [0.05, 0.1) is 6.61 Å². The van der Waals surface area contributed by atoms with E-state index in [0.717, 1.165) is 6.07 Å². The molecule has 0 fully saturated rings. The second-order valence-corrected chi connectivity index (χ2v) is 4.51. The first-order valence-electron chi connectivity index (χ1n) is 5.41. The van der Waals surface area contributed by atoms with E-state index in [9.17, 15) is 20.1 Å². The molecule has 0 amide bonds. The molecule has 2 unspecified atom stereocenters. The van der Waals surface area contributed by atoms with Crippen LogP contribution in [0, 0.1) is 6.92 Å². The fraction of sp³-hybridized carbons (Fsp3) is 0.417. The average molecular weight is 254 g/mol. The Morgan fingerprint density at radius 2 is 2.00 bits per heavy atom. The normalized spacial score (nSPS) is 26.7. The van der Waals surface area contributed by atoms with Crippen molar-refractivity contribution in [1.29, 1.82) is 0 Å². The van der Waals surface area contributed by atoms with Gasteiger partial charge in [-0.15, -0.1) is 0 Å². The van der Waals surface area contributed by atoms with Crippen LogP contribution in [0.5, 0.6) is 11.5 Å². The number of aliphatic hydroxyl groups excluding tert-OH is 1. The maximum Gasteiger partial charge on any atom is 0.342 e. The Kier molecular flexibility index (Phi) is 2.71. The van der Waals surface area contributed by atoms with E-state index in [0.29, 0.717) is 0 Å². The zero-order chi connectivity index (χ0) is 13.7. The van der Waals surface area contributed by atoms with Gasteiger partial charge in [0.15, 0.2) is 6.10 Å². The lowest BCUT2D eigenvalue weighted by molar-refractivity contribution is -0.107. The number of hydrogen-bond acceptors (Lipinski definition) is 6. The Morgan fingerprint density at radius 1 is 1.39 bits per heavy atom. The van der Waals surface area contributed by atoms with Crippen molar-refractivity contribution in [2.75, 3.05) is 6.61 Å². The number of phenols is 2. The van der Waals surface area contributed by atoms with E-state index in [2.05, 4.69) is 0 Å². The summed E-state index contributed by atoms with van der Waals surface area (Å²) in [5.41, 5.74) is -1.52. The summed E-state index contributed by atoms with van der Waals surface area (Å²) in [6.07, 6.45) is -1.14. The fourth-order valence-corrected chi connectivity index (χ4v) is 2.27. The number of carbonyl (C=O) groups is 1. The van der Waals surface area contributed by atoms with Crippen LogP contribution in [-0.2, 0) is 10.3 Å². The van der Waals surface area contributed by atoms with E-state index in [1.54, 1.807) is 0 Å². The molecule has 0 aromatic heterocycles. The summed E-state index contributed by atoms with van der Waals surface area (Å²) in [5, 5.41) is 38.8. The van der Waals surface area contributed by atoms with Crippen LogP contribution in [0.3, 0.4) is 0 Å². The van der Waals surface area contributed by atoms with E-state index < -0.39 is 30.0 Å². The van der Waals surface area contributed by atoms with Crippen molar-refractivity contribution in [3.63, 3.8) is 0 Å². The molecule has 1 aliphatic rings. The van der Waals surface area contributed by atoms with E-state index in [-0.39, 0.29) is 22.4 Å². The number of benzene rings is 1. The Balaban J connectivity index is 2.79. The zero-order valence-corrected chi connectivity index (χ0v) is 9.97. The first kappa shape index (κ1) is 12.7. The molecule has 0 saturated carbocycles. The minimum Gasteiger partial charge on any atom is -0.508 e. The number of phenolic OH excluding ortho intramolecular Hbond substituents is 2. The first-order valence-corrected chi connectivity index (χ1v) is 5.41. The predicted octanol–water partition coefficient (Wildman–Crippen LogP) is 0.145. The molecular weight excluding hydrogens is 240 g/mol. The molecule has 1 aromatic rings. The van der Waals surface area contributed by atoms with Crippen molar-refractivity contribution in [2.24, 2.45) is 0 Å². The summed E-state index contributed by atoms with van der Waals surface area (Å²) in [6.45, 7) is 2.30. The largest absolute Gasteiger partial charge is 0.508 e. The molecule has 0 spiro atoms. The maximum absolute atomic E-state index is 11.7. The molecule has 2 atom stereocenters. The minimum absolute atomic E-state index is 0.0790. The van der Waals surface area contributed by atoms with Crippen LogP contribution < -0.4 is 0 Å². The molecule has 98 valence electrons. The van der Waals surface area contributed by atoms with Gasteiger partial charge < -0.3 is 25.2 Å². The van der Waals surface area contributed by atoms with Gasteiger partial charge in [-0.3, -0.25) is 0 Å². The van der Waals surface area contributed by atoms with Crippen molar-refractivity contribution in [3.8, 4) is 11.5 Å². The molecule has 1 aromatic carbocycles. The van der Waals surface area contributed by atoms with Crippen LogP contribution in [0.15, 0.2) is 6.07 Å². The fourth-order valence-electron chi connectivity index (χ4n) is 2.27. The van der Waals surface area contributed by atoms with Gasteiger partial charge in [-0.1, -0.05) is 0 Å². The molecule has 18 heavy (non-hydrogen) atoms. The van der Waals surface area contributed by atoms with E-state index in [1.165, 1.54) is 13.8 Å². The molecule has 2 rings (SSSR count). The van der Waals surface area contributed by atoms with Gasteiger partial charge in [-0.05, 0) is 19.4 Å². The van der Waals surface area contributed by atoms with Crippen LogP contribution in [0.4, 0.5) is 0 Å². The third kappa shape index (κ3) is 1.53. The molecule has 1 aliphatic heterocycles. The highest BCUT2D eigenvalue weighted by Crippen LogP contribution is 2.43. The van der Waals surface area contributed by atoms with Crippen LogP contribution in [-0.4, -0.2) is 39.1 Å². The SMILES string of the molecule is Cc1c(O)cc(O)c2c1C(C)(O)C(CO)OC2=O. The van der Waals surface area contributed by atoms with E-state index >= 15 is 0 Å². The molecule has 0 saturated heterocycles. The number of ether oxygens (including phenoxy) is 1. The molecule has 0 bridgehead atoms. The Morgan fingerprint density at radius 3 is 2.56 bits per heavy atom. The maximum atomic E-state index is 11.7. The molecular formula is C12H14O6. The molecule has 6 nitrogen and oxygen atoms in total. The Hall–Kier alpha value is -1.79. The van der Waals surface area contributed by atoms with Gasteiger partial charge in [0.1, 0.15) is 22.7 Å². The third-order valence-electron chi connectivity index (χ3n) is 3.29. The van der Waals surface area contributed by atoms with E-state index in [1.807, 2.05) is 0 Å². The van der Waals surface area contributed by atoms with Crippen LogP contribution in [0.2, 0.25) is 0 Å². The molecule has 6 heteroatoms. The van der Waals surface area contributed by atoms with Gasteiger partial charge in [-0.2, -0.15) is 0 Å². The minimum atomic E-state index is -1.68. The molecule has 0 radical (unpaired) electrons. The third-order valence-corrected chi connectivity index (χ3v) is 3.29. The summed E-state index contributed by atoms with van der Waals surface area (Å²) in [7, 11) is 0. The number of rotatable bonds is 1. The second kappa shape index (κ2) is 3.86. The van der Waals surface area contributed by atoms with Crippen molar-refractivity contribution in [3.05, 3.63) is 22.8 Å². The zero-order valence-electron chi connectivity index (χ0n) is 9.97. The van der Waals surface area contributed by atoms with Gasteiger partial charge in [0.2, 0.25) is 0 Å². The lowest BCUT2D eigenvalue weighted by Gasteiger charge is -2.38. The number of aliphatic hydroxyl groups is 2. The lowest BCUT2D eigenvalue weighted by Crippen LogP contribution is -2.47. The van der Waals surface area contributed by atoms with Crippen LogP contribution >= 0.6 is 0 Å². The van der Waals surface area contributed by atoms with Gasteiger partial charge in [0.25, 0.3) is 0 Å². The van der Waals surface area contributed by atoms with E-state index in [4.69, 9.17) is 9.84 Å². The summed E-state index contributed by atoms with van der Waals surface area (Å²) in [5.74, 6) is -1.54. The average Bonchev–Trinajstić information content (AvgIpc) is 2.28.